The van der Waals surface area contributed by atoms with Gasteiger partial charge in [-0.3, -0.25) is 9.78 Å². The zero-order chi connectivity index (χ0) is 32.6. The number of H-pyrrole nitrogens is 2. The van der Waals surface area contributed by atoms with E-state index in [0.29, 0.717) is 23.4 Å². The molecule has 0 aliphatic carbocycles. The number of pyridine rings is 1. The zero-order valence-corrected chi connectivity index (χ0v) is 26.4. The molecule has 0 bridgehead atoms. The van der Waals surface area contributed by atoms with E-state index >= 15 is 0 Å². The number of carbonyl (C=O) groups excluding carboxylic acids is 2. The van der Waals surface area contributed by atoms with E-state index in [9.17, 15) is 9.59 Å². The van der Waals surface area contributed by atoms with Crippen LogP contribution in [0, 0.1) is 0 Å². The maximum absolute atomic E-state index is 13.9. The summed E-state index contributed by atoms with van der Waals surface area (Å²) in [5.41, 5.74) is 8.42. The average Bonchev–Trinajstić information content (AvgIpc) is 3.96. The van der Waals surface area contributed by atoms with E-state index in [2.05, 4.69) is 55.9 Å². The highest BCUT2D eigenvalue weighted by Gasteiger charge is 2.36. The van der Waals surface area contributed by atoms with Gasteiger partial charge >= 0.3 is 6.09 Å². The van der Waals surface area contributed by atoms with Crippen LogP contribution in [-0.2, 0) is 9.53 Å². The van der Waals surface area contributed by atoms with E-state index in [1.807, 2.05) is 42.6 Å². The molecule has 48 heavy (non-hydrogen) atoms. The number of aromatic amines is 2. The molecule has 0 spiro atoms. The van der Waals surface area contributed by atoms with Gasteiger partial charge in [-0.15, -0.1) is 0 Å². The number of hydrogen-bond acceptors (Lipinski definition) is 8. The second-order valence-corrected chi connectivity index (χ2v) is 12.3. The summed E-state index contributed by atoms with van der Waals surface area (Å²) in [5, 5.41) is 6.20. The predicted molar refractivity (Wildman–Crippen MR) is 181 cm³/mol. The highest BCUT2D eigenvalue weighted by atomic mass is 16.5. The standard InChI is InChI=1S/C36H35N9O3/c1-48-36(47)43-31(23-7-3-2-4-8-23)35(46)45-16-6-10-30(45)29-20-38-27-18-26(40-34(27)42-29)22-13-11-21(12-14-22)24-17-28-32(39-19-24)44-33(41-28)25-9-5-15-37-25/h2-4,7-8,11-14,17-20,25,30-31,37H,5-6,9-10,15-16H2,1H3,(H,40,42)(H,43,47)(H,39,41,44)/t25-,30?,31+/m0/s1. The first-order valence-corrected chi connectivity index (χ1v) is 16.3. The first-order chi connectivity index (χ1) is 23.5. The Morgan fingerprint density at radius 1 is 0.917 bits per heavy atom. The van der Waals surface area contributed by atoms with Crippen molar-refractivity contribution in [2.45, 2.75) is 43.8 Å². The van der Waals surface area contributed by atoms with E-state index < -0.39 is 12.1 Å². The van der Waals surface area contributed by atoms with Gasteiger partial charge in [0.25, 0.3) is 0 Å². The molecule has 6 heterocycles. The Hall–Kier alpha value is -5.62. The lowest BCUT2D eigenvalue weighted by atomic mass is 10.0. The van der Waals surface area contributed by atoms with Gasteiger partial charge in [0.15, 0.2) is 11.3 Å². The number of hydrogen-bond donors (Lipinski definition) is 4. The van der Waals surface area contributed by atoms with Crippen LogP contribution in [0.5, 0.6) is 0 Å². The SMILES string of the molecule is COC(=O)N[C@@H](C(=O)N1CCCC1c1cnc2cc(-c3ccc(-c4cnc5nc([C@@H]6CCCN6)[nH]c5c4)cc3)[nH]c2n1)c1ccccc1. The Balaban J connectivity index is 1.02. The van der Waals surface area contributed by atoms with Gasteiger partial charge in [-0.05, 0) is 61.1 Å². The first kappa shape index (κ1) is 29.8. The van der Waals surface area contributed by atoms with Gasteiger partial charge in [0.05, 0.1) is 36.6 Å². The number of aromatic nitrogens is 6. The number of nitrogens with one attached hydrogen (secondary N) is 4. The van der Waals surface area contributed by atoms with Gasteiger partial charge in [0.1, 0.15) is 17.4 Å². The van der Waals surface area contributed by atoms with E-state index in [4.69, 9.17) is 19.7 Å². The fourth-order valence-corrected chi connectivity index (χ4v) is 6.84. The highest BCUT2D eigenvalue weighted by molar-refractivity contribution is 5.88. The minimum atomic E-state index is -0.875. The van der Waals surface area contributed by atoms with Gasteiger partial charge < -0.3 is 30.2 Å². The van der Waals surface area contributed by atoms with Crippen molar-refractivity contribution in [2.24, 2.45) is 0 Å². The van der Waals surface area contributed by atoms with Crippen LogP contribution in [0.1, 0.15) is 60.9 Å². The molecule has 4 aromatic heterocycles. The quantitative estimate of drug-likeness (QED) is 0.172. The smallest absolute Gasteiger partial charge is 0.407 e. The molecule has 2 saturated heterocycles. The molecule has 0 saturated carbocycles. The normalized spacial score (nSPS) is 18.4. The third kappa shape index (κ3) is 5.64. The predicted octanol–water partition coefficient (Wildman–Crippen LogP) is 5.75. The van der Waals surface area contributed by atoms with Crippen molar-refractivity contribution in [2.75, 3.05) is 20.2 Å². The van der Waals surface area contributed by atoms with Gasteiger partial charge in [-0.2, -0.15) is 0 Å². The second-order valence-electron chi connectivity index (χ2n) is 12.3. The Morgan fingerprint density at radius 3 is 2.54 bits per heavy atom. The summed E-state index contributed by atoms with van der Waals surface area (Å²) < 4.78 is 4.82. The van der Waals surface area contributed by atoms with Crippen LogP contribution in [0.3, 0.4) is 0 Å². The number of rotatable bonds is 7. The van der Waals surface area contributed by atoms with Gasteiger partial charge in [-0.25, -0.2) is 19.7 Å². The Morgan fingerprint density at radius 2 is 1.75 bits per heavy atom. The van der Waals surface area contributed by atoms with Crippen LogP contribution in [0.2, 0.25) is 0 Å². The molecule has 3 atom stereocenters. The molecular weight excluding hydrogens is 606 g/mol. The van der Waals surface area contributed by atoms with Crippen molar-refractivity contribution in [3.8, 4) is 22.4 Å². The minimum Gasteiger partial charge on any atom is -0.453 e. The number of alkyl carbamates (subject to hydrolysis) is 1. The maximum atomic E-state index is 13.9. The van der Waals surface area contributed by atoms with Crippen LogP contribution < -0.4 is 10.6 Å². The third-order valence-corrected chi connectivity index (χ3v) is 9.33. The number of methoxy groups -OCH3 is 1. The van der Waals surface area contributed by atoms with Crippen molar-refractivity contribution in [1.82, 2.24) is 45.4 Å². The Bertz CT molecular complexity index is 2100. The highest BCUT2D eigenvalue weighted by Crippen LogP contribution is 2.35. The lowest BCUT2D eigenvalue weighted by Gasteiger charge is -2.29. The molecule has 8 rings (SSSR count). The number of imidazole rings is 1. The van der Waals surface area contributed by atoms with E-state index in [1.165, 1.54) is 7.11 Å². The van der Waals surface area contributed by atoms with Crippen molar-refractivity contribution >= 4 is 34.3 Å². The number of benzene rings is 2. The summed E-state index contributed by atoms with van der Waals surface area (Å²) in [6, 6.07) is 20.7. The third-order valence-electron chi connectivity index (χ3n) is 9.33. The molecule has 12 nitrogen and oxygen atoms in total. The fraction of sp³-hybridized carbons (Fsp3) is 0.278. The molecule has 2 aliphatic rings. The van der Waals surface area contributed by atoms with Crippen molar-refractivity contribution in [3.05, 3.63) is 96.2 Å². The molecule has 0 radical (unpaired) electrons. The van der Waals surface area contributed by atoms with Crippen LogP contribution in [0.25, 0.3) is 44.7 Å². The number of carbonyl (C=O) groups is 2. The molecule has 4 N–H and O–H groups in total. The topological polar surface area (TPSA) is 154 Å². The second kappa shape index (κ2) is 12.5. The number of fused-ring (bicyclic) bond motifs is 2. The number of likely N-dealkylation sites (tertiary alicyclic amines) is 1. The largest absolute Gasteiger partial charge is 0.453 e. The lowest BCUT2D eigenvalue weighted by Crippen LogP contribution is -2.42. The average molecular weight is 642 g/mol. The summed E-state index contributed by atoms with van der Waals surface area (Å²) in [4.78, 5) is 53.7. The van der Waals surface area contributed by atoms with E-state index in [-0.39, 0.29) is 18.0 Å². The molecule has 242 valence electrons. The summed E-state index contributed by atoms with van der Waals surface area (Å²) in [6.45, 7) is 1.57. The number of nitrogens with zero attached hydrogens (tertiary/aromatic N) is 5. The van der Waals surface area contributed by atoms with Crippen LogP contribution in [0.4, 0.5) is 4.79 Å². The first-order valence-electron chi connectivity index (χ1n) is 16.3. The molecule has 2 aliphatic heterocycles. The molecule has 12 heteroatoms. The molecule has 1 unspecified atom stereocenters. The Labute approximate surface area is 276 Å². The summed E-state index contributed by atoms with van der Waals surface area (Å²) in [6.07, 6.45) is 6.76. The van der Waals surface area contributed by atoms with Crippen molar-refractivity contribution in [3.63, 3.8) is 0 Å². The monoisotopic (exact) mass is 641 g/mol. The van der Waals surface area contributed by atoms with Crippen LogP contribution in [-0.4, -0.2) is 67.0 Å². The zero-order valence-electron chi connectivity index (χ0n) is 26.4. The summed E-state index contributed by atoms with van der Waals surface area (Å²) in [7, 11) is 1.28. The van der Waals surface area contributed by atoms with Gasteiger partial charge in [-0.1, -0.05) is 54.6 Å². The molecule has 2 fully saturated rings. The lowest BCUT2D eigenvalue weighted by molar-refractivity contribution is -0.134. The summed E-state index contributed by atoms with van der Waals surface area (Å²) in [5.74, 6) is 0.738. The maximum Gasteiger partial charge on any atom is 0.407 e. The summed E-state index contributed by atoms with van der Waals surface area (Å²) >= 11 is 0. The van der Waals surface area contributed by atoms with Crippen LogP contribution in [0.15, 0.2) is 79.1 Å². The van der Waals surface area contributed by atoms with Crippen molar-refractivity contribution < 1.29 is 14.3 Å². The minimum absolute atomic E-state index is 0.212. The number of ether oxygens (including phenoxy) is 1. The number of amides is 2. The van der Waals surface area contributed by atoms with Gasteiger partial charge in [0.2, 0.25) is 5.91 Å². The molecule has 2 aromatic carbocycles. The molecule has 2 amide bonds. The molecule has 6 aromatic rings. The van der Waals surface area contributed by atoms with Crippen LogP contribution >= 0.6 is 0 Å². The van der Waals surface area contributed by atoms with Gasteiger partial charge in [0, 0.05) is 24.0 Å². The fourth-order valence-electron chi connectivity index (χ4n) is 6.84. The van der Waals surface area contributed by atoms with Crippen molar-refractivity contribution in [1.29, 1.82) is 0 Å². The Kier molecular flexibility index (Phi) is 7.77. The molecular formula is C36H35N9O3. The van der Waals surface area contributed by atoms with E-state index in [0.717, 1.165) is 77.1 Å². The van der Waals surface area contributed by atoms with E-state index in [1.54, 1.807) is 11.1 Å².